The third kappa shape index (κ3) is 4.20. The van der Waals surface area contributed by atoms with E-state index >= 15 is 0 Å². The summed E-state index contributed by atoms with van der Waals surface area (Å²) in [5.41, 5.74) is 2.45. The number of para-hydroxylation sites is 1. The van der Waals surface area contributed by atoms with Gasteiger partial charge < -0.3 is 19.8 Å². The number of aryl methyl sites for hydroxylation is 2. The molecule has 0 saturated carbocycles. The Hall–Kier alpha value is -2.60. The fraction of sp³-hybridized carbons (Fsp3) is 0.294. The highest BCUT2D eigenvalue weighted by Gasteiger charge is 2.19. The maximum atomic E-state index is 12.0. The number of hydrogen-bond donors (Lipinski definition) is 2. The lowest BCUT2D eigenvalue weighted by molar-refractivity contribution is -0.136. The summed E-state index contributed by atoms with van der Waals surface area (Å²) >= 11 is 0. The summed E-state index contributed by atoms with van der Waals surface area (Å²) in [7, 11) is 1.51. The second-order valence-electron chi connectivity index (χ2n) is 5.17. The first kappa shape index (κ1) is 16.8. The topological polar surface area (TPSA) is 80.6 Å². The van der Waals surface area contributed by atoms with Gasteiger partial charge in [0.1, 0.15) is 11.9 Å². The van der Waals surface area contributed by atoms with E-state index in [4.69, 9.17) is 9.15 Å². The third-order valence-corrected chi connectivity index (χ3v) is 3.52. The monoisotopic (exact) mass is 316 g/mol. The molecule has 0 spiro atoms. The van der Waals surface area contributed by atoms with Crippen LogP contribution in [0.1, 0.15) is 23.0 Å². The first-order valence-corrected chi connectivity index (χ1v) is 7.24. The fourth-order valence-electron chi connectivity index (χ4n) is 2.22. The van der Waals surface area contributed by atoms with Crippen LogP contribution in [0.15, 0.2) is 41.0 Å². The molecule has 0 aliphatic heterocycles. The van der Waals surface area contributed by atoms with E-state index in [0.717, 1.165) is 11.1 Å². The van der Waals surface area contributed by atoms with Crippen molar-refractivity contribution in [3.63, 3.8) is 0 Å². The van der Waals surface area contributed by atoms with Crippen LogP contribution in [0.2, 0.25) is 0 Å². The molecule has 0 fully saturated rings. The SMILES string of the molecule is COC(CNC(=O)C(=O)Nc1c(C)cccc1C)c1ccco1. The van der Waals surface area contributed by atoms with Crippen molar-refractivity contribution in [3.05, 3.63) is 53.5 Å². The molecule has 122 valence electrons. The molecule has 6 nitrogen and oxygen atoms in total. The maximum Gasteiger partial charge on any atom is 0.313 e. The molecule has 0 bridgehead atoms. The van der Waals surface area contributed by atoms with Gasteiger partial charge in [-0.25, -0.2) is 0 Å². The van der Waals surface area contributed by atoms with Crippen molar-refractivity contribution in [2.45, 2.75) is 20.0 Å². The van der Waals surface area contributed by atoms with Crippen LogP contribution >= 0.6 is 0 Å². The second-order valence-corrected chi connectivity index (χ2v) is 5.17. The Morgan fingerprint density at radius 3 is 2.39 bits per heavy atom. The molecular formula is C17H20N2O4. The van der Waals surface area contributed by atoms with E-state index in [1.165, 1.54) is 13.4 Å². The highest BCUT2D eigenvalue weighted by molar-refractivity contribution is 6.39. The summed E-state index contributed by atoms with van der Waals surface area (Å²) in [6, 6.07) is 9.12. The molecule has 1 atom stereocenters. The lowest BCUT2D eigenvalue weighted by atomic mass is 10.1. The van der Waals surface area contributed by atoms with Crippen LogP contribution in [0.25, 0.3) is 0 Å². The number of ether oxygens (including phenoxy) is 1. The Morgan fingerprint density at radius 2 is 1.83 bits per heavy atom. The van der Waals surface area contributed by atoms with Crippen LogP contribution in [0.3, 0.4) is 0 Å². The molecule has 0 saturated heterocycles. The van der Waals surface area contributed by atoms with Crippen molar-refractivity contribution in [1.29, 1.82) is 0 Å². The maximum absolute atomic E-state index is 12.0. The fourth-order valence-corrected chi connectivity index (χ4v) is 2.22. The van der Waals surface area contributed by atoms with Gasteiger partial charge in [-0.15, -0.1) is 0 Å². The first-order chi connectivity index (χ1) is 11.0. The smallest absolute Gasteiger partial charge is 0.313 e. The Bertz CT molecular complexity index is 660. The molecule has 6 heteroatoms. The molecule has 1 aromatic carbocycles. The number of anilines is 1. The van der Waals surface area contributed by atoms with Crippen molar-refractivity contribution in [1.82, 2.24) is 5.32 Å². The molecule has 2 aromatic rings. The van der Waals surface area contributed by atoms with E-state index in [9.17, 15) is 9.59 Å². The van der Waals surface area contributed by atoms with Gasteiger partial charge in [0.15, 0.2) is 0 Å². The summed E-state index contributed by atoms with van der Waals surface area (Å²) in [5, 5.41) is 5.18. The first-order valence-electron chi connectivity index (χ1n) is 7.24. The quantitative estimate of drug-likeness (QED) is 0.830. The second kappa shape index (κ2) is 7.60. The van der Waals surface area contributed by atoms with E-state index in [1.54, 1.807) is 12.1 Å². The van der Waals surface area contributed by atoms with Crippen LogP contribution in [-0.2, 0) is 14.3 Å². The van der Waals surface area contributed by atoms with E-state index < -0.39 is 17.9 Å². The van der Waals surface area contributed by atoms with Gasteiger partial charge in [-0.3, -0.25) is 9.59 Å². The number of carbonyl (C=O) groups excluding carboxylic acids is 2. The molecule has 0 aliphatic rings. The number of rotatable bonds is 5. The van der Waals surface area contributed by atoms with Crippen LogP contribution in [0.4, 0.5) is 5.69 Å². The van der Waals surface area contributed by atoms with Crippen LogP contribution in [0.5, 0.6) is 0 Å². The van der Waals surface area contributed by atoms with Crippen molar-refractivity contribution in [3.8, 4) is 0 Å². The molecule has 0 radical (unpaired) electrons. The summed E-state index contributed by atoms with van der Waals surface area (Å²) < 4.78 is 10.5. The van der Waals surface area contributed by atoms with Crippen LogP contribution in [-0.4, -0.2) is 25.5 Å². The van der Waals surface area contributed by atoms with Gasteiger partial charge in [0.2, 0.25) is 0 Å². The van der Waals surface area contributed by atoms with Crippen molar-refractivity contribution < 1.29 is 18.7 Å². The largest absolute Gasteiger partial charge is 0.467 e. The van der Waals surface area contributed by atoms with Crippen molar-refractivity contribution in [2.75, 3.05) is 19.0 Å². The third-order valence-electron chi connectivity index (χ3n) is 3.52. The summed E-state index contributed by atoms with van der Waals surface area (Å²) in [4.78, 5) is 24.0. The Labute approximate surface area is 134 Å². The Morgan fingerprint density at radius 1 is 1.13 bits per heavy atom. The number of amides is 2. The predicted molar refractivity (Wildman–Crippen MR) is 86.0 cm³/mol. The normalized spacial score (nSPS) is 11.8. The predicted octanol–water partition coefficient (Wildman–Crippen LogP) is 2.34. The van der Waals surface area contributed by atoms with E-state index in [1.807, 2.05) is 32.0 Å². The van der Waals surface area contributed by atoms with Crippen LogP contribution < -0.4 is 10.6 Å². The van der Waals surface area contributed by atoms with Gasteiger partial charge in [0.25, 0.3) is 0 Å². The highest BCUT2D eigenvalue weighted by atomic mass is 16.5. The zero-order chi connectivity index (χ0) is 16.8. The number of nitrogens with one attached hydrogen (secondary N) is 2. The van der Waals surface area contributed by atoms with Gasteiger partial charge in [-0.1, -0.05) is 18.2 Å². The number of hydrogen-bond acceptors (Lipinski definition) is 4. The summed E-state index contributed by atoms with van der Waals surface area (Å²) in [6.45, 7) is 3.89. The highest BCUT2D eigenvalue weighted by Crippen LogP contribution is 2.19. The standard InChI is InChI=1S/C17H20N2O4/c1-11-6-4-7-12(2)15(11)19-17(21)16(20)18-10-14(22-3)13-8-5-9-23-13/h4-9,14H,10H2,1-3H3,(H,18,20)(H,19,21). The minimum atomic E-state index is -0.721. The van der Waals surface area contributed by atoms with Gasteiger partial charge in [-0.2, -0.15) is 0 Å². The molecule has 0 aliphatic carbocycles. The Kier molecular flexibility index (Phi) is 5.54. The zero-order valence-corrected chi connectivity index (χ0v) is 13.4. The molecular weight excluding hydrogens is 296 g/mol. The molecule has 2 amide bonds. The van der Waals surface area contributed by atoms with E-state index in [2.05, 4.69) is 10.6 Å². The van der Waals surface area contributed by atoms with Crippen LogP contribution in [0, 0.1) is 13.8 Å². The molecule has 1 heterocycles. The number of methoxy groups -OCH3 is 1. The number of furan rings is 1. The molecule has 2 rings (SSSR count). The van der Waals surface area contributed by atoms with Gasteiger partial charge in [0.05, 0.1) is 12.8 Å². The molecule has 1 unspecified atom stereocenters. The summed E-state index contributed by atoms with van der Waals surface area (Å²) in [5.74, 6) is -0.846. The lowest BCUT2D eigenvalue weighted by Gasteiger charge is -2.14. The minimum absolute atomic E-state index is 0.142. The van der Waals surface area contributed by atoms with Gasteiger partial charge in [0, 0.05) is 12.8 Å². The van der Waals surface area contributed by atoms with E-state index in [0.29, 0.717) is 11.4 Å². The lowest BCUT2D eigenvalue weighted by Crippen LogP contribution is -2.38. The average molecular weight is 316 g/mol. The van der Waals surface area contributed by atoms with Crippen molar-refractivity contribution in [2.24, 2.45) is 0 Å². The van der Waals surface area contributed by atoms with Gasteiger partial charge in [-0.05, 0) is 37.1 Å². The molecule has 23 heavy (non-hydrogen) atoms. The van der Waals surface area contributed by atoms with E-state index in [-0.39, 0.29) is 6.54 Å². The van der Waals surface area contributed by atoms with Gasteiger partial charge >= 0.3 is 11.8 Å². The molecule has 2 N–H and O–H groups in total. The number of benzene rings is 1. The average Bonchev–Trinajstić information content (AvgIpc) is 3.05. The zero-order valence-electron chi connectivity index (χ0n) is 13.4. The van der Waals surface area contributed by atoms with Crippen molar-refractivity contribution >= 4 is 17.5 Å². The molecule has 1 aromatic heterocycles. The number of carbonyl (C=O) groups is 2. The Balaban J connectivity index is 1.94. The summed E-state index contributed by atoms with van der Waals surface area (Å²) in [6.07, 6.45) is 1.08. The minimum Gasteiger partial charge on any atom is -0.467 e.